The number of nitrogens with two attached hydrogens (primary N) is 1. The third-order valence-corrected chi connectivity index (χ3v) is 3.18. The molecule has 0 fully saturated rings. The van der Waals surface area contributed by atoms with Crippen LogP contribution in [0.25, 0.3) is 10.8 Å². The molecule has 4 heteroatoms. The Labute approximate surface area is 116 Å². The maximum absolute atomic E-state index is 9.01. The van der Waals surface area contributed by atoms with E-state index in [0.717, 1.165) is 22.1 Å². The number of rotatable bonds is 2. The van der Waals surface area contributed by atoms with Crippen molar-refractivity contribution >= 4 is 27.8 Å². The first-order chi connectivity index (χ1) is 9.79. The van der Waals surface area contributed by atoms with Crippen molar-refractivity contribution in [2.45, 2.75) is 0 Å². The molecule has 0 aliphatic heterocycles. The summed E-state index contributed by atoms with van der Waals surface area (Å²) >= 11 is 0. The van der Waals surface area contributed by atoms with E-state index in [9.17, 15) is 0 Å². The standard InChI is InChI=1S/C16H12N4/c17-9-11-3-1-6-15(16(11)18)20-14-5-2-4-12-10-19-8-7-13(12)14/h1-8,10,20H,18H2. The molecule has 0 saturated carbocycles. The van der Waals surface area contributed by atoms with Gasteiger partial charge in [0.05, 0.1) is 16.9 Å². The quantitative estimate of drug-likeness (QED) is 0.692. The molecule has 0 atom stereocenters. The highest BCUT2D eigenvalue weighted by molar-refractivity contribution is 5.96. The molecular formula is C16H12N4. The number of nitriles is 1. The molecule has 20 heavy (non-hydrogen) atoms. The number of nitrogens with one attached hydrogen (secondary N) is 1. The van der Waals surface area contributed by atoms with E-state index in [-0.39, 0.29) is 0 Å². The van der Waals surface area contributed by atoms with Gasteiger partial charge in [0.2, 0.25) is 0 Å². The predicted octanol–water partition coefficient (Wildman–Crippen LogP) is 3.43. The topological polar surface area (TPSA) is 74.7 Å². The average Bonchev–Trinajstić information content (AvgIpc) is 2.50. The van der Waals surface area contributed by atoms with Gasteiger partial charge in [-0.1, -0.05) is 18.2 Å². The summed E-state index contributed by atoms with van der Waals surface area (Å²) in [6.45, 7) is 0. The van der Waals surface area contributed by atoms with Gasteiger partial charge in [0, 0.05) is 28.9 Å². The number of pyridine rings is 1. The van der Waals surface area contributed by atoms with Gasteiger partial charge in [-0.2, -0.15) is 5.26 Å². The van der Waals surface area contributed by atoms with E-state index in [1.54, 1.807) is 12.3 Å². The highest BCUT2D eigenvalue weighted by atomic mass is 14.9. The van der Waals surface area contributed by atoms with Crippen molar-refractivity contribution < 1.29 is 0 Å². The molecule has 0 spiro atoms. The highest BCUT2D eigenvalue weighted by Crippen LogP contribution is 2.29. The first-order valence-electron chi connectivity index (χ1n) is 6.18. The van der Waals surface area contributed by atoms with E-state index < -0.39 is 0 Å². The number of hydrogen-bond acceptors (Lipinski definition) is 4. The van der Waals surface area contributed by atoms with Crippen molar-refractivity contribution in [3.05, 3.63) is 60.4 Å². The monoisotopic (exact) mass is 260 g/mol. The fourth-order valence-electron chi connectivity index (χ4n) is 2.15. The van der Waals surface area contributed by atoms with E-state index >= 15 is 0 Å². The summed E-state index contributed by atoms with van der Waals surface area (Å²) < 4.78 is 0. The Morgan fingerprint density at radius 1 is 1.05 bits per heavy atom. The Morgan fingerprint density at radius 2 is 1.85 bits per heavy atom. The van der Waals surface area contributed by atoms with Crippen molar-refractivity contribution in [2.75, 3.05) is 11.1 Å². The molecule has 2 aromatic carbocycles. The molecule has 1 aromatic heterocycles. The van der Waals surface area contributed by atoms with Crippen LogP contribution >= 0.6 is 0 Å². The zero-order valence-electron chi connectivity index (χ0n) is 10.7. The van der Waals surface area contributed by atoms with Crippen LogP contribution in [0.4, 0.5) is 17.1 Å². The molecule has 0 unspecified atom stereocenters. The van der Waals surface area contributed by atoms with E-state index in [1.165, 1.54) is 0 Å². The lowest BCUT2D eigenvalue weighted by molar-refractivity contribution is 1.36. The molecule has 1 heterocycles. The number of aromatic nitrogens is 1. The van der Waals surface area contributed by atoms with Gasteiger partial charge in [-0.3, -0.25) is 4.98 Å². The highest BCUT2D eigenvalue weighted by Gasteiger charge is 2.06. The Kier molecular flexibility index (Phi) is 2.94. The fourth-order valence-corrected chi connectivity index (χ4v) is 2.15. The normalized spacial score (nSPS) is 10.2. The maximum Gasteiger partial charge on any atom is 0.101 e. The van der Waals surface area contributed by atoms with Crippen molar-refractivity contribution in [2.24, 2.45) is 0 Å². The molecule has 0 saturated heterocycles. The molecule has 0 amide bonds. The van der Waals surface area contributed by atoms with Gasteiger partial charge in [0.15, 0.2) is 0 Å². The average molecular weight is 260 g/mol. The van der Waals surface area contributed by atoms with Crippen LogP contribution < -0.4 is 11.1 Å². The number of benzene rings is 2. The van der Waals surface area contributed by atoms with Crippen molar-refractivity contribution in [3.63, 3.8) is 0 Å². The zero-order valence-corrected chi connectivity index (χ0v) is 10.7. The van der Waals surface area contributed by atoms with E-state index in [4.69, 9.17) is 11.0 Å². The molecule has 0 radical (unpaired) electrons. The van der Waals surface area contributed by atoms with Gasteiger partial charge in [0.25, 0.3) is 0 Å². The lowest BCUT2D eigenvalue weighted by atomic mass is 10.1. The first kappa shape index (κ1) is 12.0. The van der Waals surface area contributed by atoms with Crippen LogP contribution in [0, 0.1) is 11.3 Å². The second kappa shape index (κ2) is 4.90. The minimum Gasteiger partial charge on any atom is -0.396 e. The molecule has 3 aromatic rings. The second-order valence-electron chi connectivity index (χ2n) is 4.41. The first-order valence-corrected chi connectivity index (χ1v) is 6.18. The number of anilines is 3. The van der Waals surface area contributed by atoms with Crippen molar-refractivity contribution in [3.8, 4) is 6.07 Å². The summed E-state index contributed by atoms with van der Waals surface area (Å²) in [7, 11) is 0. The largest absolute Gasteiger partial charge is 0.396 e. The summed E-state index contributed by atoms with van der Waals surface area (Å²) in [6, 6.07) is 15.3. The van der Waals surface area contributed by atoms with Crippen LogP contribution in [0.2, 0.25) is 0 Å². The molecule has 96 valence electrons. The minimum atomic E-state index is 0.459. The summed E-state index contributed by atoms with van der Waals surface area (Å²) in [6.07, 6.45) is 3.57. The molecule has 4 nitrogen and oxygen atoms in total. The van der Waals surface area contributed by atoms with Gasteiger partial charge < -0.3 is 11.1 Å². The number of nitrogen functional groups attached to an aromatic ring is 1. The van der Waals surface area contributed by atoms with Crippen LogP contribution in [0.15, 0.2) is 54.9 Å². The number of fused-ring (bicyclic) bond motifs is 1. The zero-order chi connectivity index (χ0) is 13.9. The molecule has 3 N–H and O–H groups in total. The van der Waals surface area contributed by atoms with Gasteiger partial charge in [0.1, 0.15) is 6.07 Å². The van der Waals surface area contributed by atoms with E-state index in [0.29, 0.717) is 11.3 Å². The Hall–Kier alpha value is -3.06. The van der Waals surface area contributed by atoms with Crippen LogP contribution in [-0.2, 0) is 0 Å². The summed E-state index contributed by atoms with van der Waals surface area (Å²) in [5, 5.41) is 14.4. The number of hydrogen-bond donors (Lipinski definition) is 2. The SMILES string of the molecule is N#Cc1cccc(Nc2cccc3cnccc23)c1N. The third kappa shape index (κ3) is 2.02. The third-order valence-electron chi connectivity index (χ3n) is 3.18. The lowest BCUT2D eigenvalue weighted by Gasteiger charge is -2.12. The Morgan fingerprint density at radius 3 is 2.70 bits per heavy atom. The van der Waals surface area contributed by atoms with Gasteiger partial charge in [-0.15, -0.1) is 0 Å². The van der Waals surface area contributed by atoms with E-state index in [2.05, 4.69) is 16.4 Å². The fraction of sp³-hybridized carbons (Fsp3) is 0. The van der Waals surface area contributed by atoms with Crippen LogP contribution in [0.5, 0.6) is 0 Å². The molecule has 3 rings (SSSR count). The Balaban J connectivity index is 2.09. The predicted molar refractivity (Wildman–Crippen MR) is 80.6 cm³/mol. The summed E-state index contributed by atoms with van der Waals surface area (Å²) in [5.74, 6) is 0. The summed E-state index contributed by atoms with van der Waals surface area (Å²) in [5.41, 5.74) is 8.58. The lowest BCUT2D eigenvalue weighted by Crippen LogP contribution is -1.99. The van der Waals surface area contributed by atoms with E-state index in [1.807, 2.05) is 42.6 Å². The smallest absolute Gasteiger partial charge is 0.101 e. The van der Waals surface area contributed by atoms with Crippen LogP contribution in [0.1, 0.15) is 5.56 Å². The van der Waals surface area contributed by atoms with Gasteiger partial charge >= 0.3 is 0 Å². The summed E-state index contributed by atoms with van der Waals surface area (Å²) in [4.78, 5) is 4.11. The molecule has 0 bridgehead atoms. The molecule has 0 aliphatic carbocycles. The maximum atomic E-state index is 9.01. The van der Waals surface area contributed by atoms with Gasteiger partial charge in [-0.05, 0) is 24.3 Å². The van der Waals surface area contributed by atoms with Crippen molar-refractivity contribution in [1.82, 2.24) is 4.98 Å². The minimum absolute atomic E-state index is 0.459. The van der Waals surface area contributed by atoms with Crippen molar-refractivity contribution in [1.29, 1.82) is 5.26 Å². The number of nitrogens with zero attached hydrogens (tertiary/aromatic N) is 2. The molecular weight excluding hydrogens is 248 g/mol. The number of para-hydroxylation sites is 1. The Bertz CT molecular complexity index is 813. The van der Waals surface area contributed by atoms with Crippen LogP contribution in [-0.4, -0.2) is 4.98 Å². The van der Waals surface area contributed by atoms with Gasteiger partial charge in [-0.25, -0.2) is 0 Å². The van der Waals surface area contributed by atoms with Crippen LogP contribution in [0.3, 0.4) is 0 Å². The molecule has 0 aliphatic rings. The second-order valence-corrected chi connectivity index (χ2v) is 4.41.